The SMILES string of the molecule is CC1OCCC1SCc1ncccc1Br. The summed E-state index contributed by atoms with van der Waals surface area (Å²) in [4.78, 5) is 4.36. The van der Waals surface area contributed by atoms with Gasteiger partial charge in [-0.25, -0.2) is 0 Å². The van der Waals surface area contributed by atoms with Crippen molar-refractivity contribution in [2.75, 3.05) is 6.61 Å². The van der Waals surface area contributed by atoms with Crippen molar-refractivity contribution < 1.29 is 4.74 Å². The number of hydrogen-bond acceptors (Lipinski definition) is 3. The molecule has 0 bridgehead atoms. The van der Waals surface area contributed by atoms with E-state index in [9.17, 15) is 0 Å². The lowest BCUT2D eigenvalue weighted by molar-refractivity contribution is 0.127. The van der Waals surface area contributed by atoms with Crippen LogP contribution >= 0.6 is 27.7 Å². The minimum atomic E-state index is 0.387. The van der Waals surface area contributed by atoms with Crippen LogP contribution in [0.2, 0.25) is 0 Å². The first-order chi connectivity index (χ1) is 7.27. The Morgan fingerprint density at radius 3 is 3.20 bits per heavy atom. The molecular formula is C11H14BrNOS. The van der Waals surface area contributed by atoms with Gasteiger partial charge in [0.25, 0.3) is 0 Å². The molecule has 0 radical (unpaired) electrons. The molecule has 1 aliphatic heterocycles. The highest BCUT2D eigenvalue weighted by atomic mass is 79.9. The van der Waals surface area contributed by atoms with Crippen LogP contribution in [0, 0.1) is 0 Å². The largest absolute Gasteiger partial charge is 0.377 e. The van der Waals surface area contributed by atoms with E-state index in [4.69, 9.17) is 4.74 Å². The Hall–Kier alpha value is -0.0600. The van der Waals surface area contributed by atoms with E-state index in [0.29, 0.717) is 11.4 Å². The van der Waals surface area contributed by atoms with Crippen molar-refractivity contribution in [3.05, 3.63) is 28.5 Å². The topological polar surface area (TPSA) is 22.1 Å². The number of hydrogen-bond donors (Lipinski definition) is 0. The van der Waals surface area contributed by atoms with Crippen LogP contribution in [0.1, 0.15) is 19.0 Å². The van der Waals surface area contributed by atoms with E-state index < -0.39 is 0 Å². The zero-order chi connectivity index (χ0) is 10.7. The number of aromatic nitrogens is 1. The molecule has 15 heavy (non-hydrogen) atoms. The number of nitrogens with zero attached hydrogens (tertiary/aromatic N) is 1. The number of pyridine rings is 1. The average Bonchev–Trinajstić information content (AvgIpc) is 2.63. The van der Waals surface area contributed by atoms with Gasteiger partial charge >= 0.3 is 0 Å². The maximum Gasteiger partial charge on any atom is 0.0666 e. The Kier molecular flexibility index (Phi) is 4.05. The number of ether oxygens (including phenoxy) is 1. The van der Waals surface area contributed by atoms with Gasteiger partial charge < -0.3 is 4.74 Å². The first-order valence-corrected chi connectivity index (χ1v) is 6.94. The van der Waals surface area contributed by atoms with Crippen LogP contribution < -0.4 is 0 Å². The van der Waals surface area contributed by atoms with E-state index in [2.05, 4.69) is 27.8 Å². The van der Waals surface area contributed by atoms with Gasteiger partial charge in [-0.05, 0) is 41.4 Å². The first-order valence-electron chi connectivity index (χ1n) is 5.10. The molecule has 0 aliphatic carbocycles. The molecule has 0 aromatic carbocycles. The van der Waals surface area contributed by atoms with Gasteiger partial charge in [0.1, 0.15) is 0 Å². The van der Waals surface area contributed by atoms with Crippen LogP contribution in [-0.2, 0) is 10.5 Å². The third-order valence-corrected chi connectivity index (χ3v) is 4.78. The van der Waals surface area contributed by atoms with Gasteiger partial charge in [0.05, 0.1) is 11.8 Å². The van der Waals surface area contributed by atoms with Gasteiger partial charge in [-0.15, -0.1) is 11.8 Å². The zero-order valence-corrected chi connectivity index (χ0v) is 11.1. The van der Waals surface area contributed by atoms with E-state index in [-0.39, 0.29) is 0 Å². The molecule has 4 heteroatoms. The second-order valence-electron chi connectivity index (χ2n) is 3.65. The zero-order valence-electron chi connectivity index (χ0n) is 8.65. The summed E-state index contributed by atoms with van der Waals surface area (Å²) in [6.07, 6.45) is 3.39. The van der Waals surface area contributed by atoms with Crippen LogP contribution in [0.4, 0.5) is 0 Å². The predicted octanol–water partition coefficient (Wildman–Crippen LogP) is 3.25. The van der Waals surface area contributed by atoms with E-state index in [1.54, 1.807) is 0 Å². The Morgan fingerprint density at radius 2 is 2.53 bits per heavy atom. The van der Waals surface area contributed by atoms with Crippen LogP contribution in [0.15, 0.2) is 22.8 Å². The summed E-state index contributed by atoms with van der Waals surface area (Å²) in [6.45, 7) is 3.06. The lowest BCUT2D eigenvalue weighted by Gasteiger charge is -2.13. The molecular weight excluding hydrogens is 274 g/mol. The van der Waals surface area contributed by atoms with Gasteiger partial charge in [0, 0.05) is 28.3 Å². The maximum absolute atomic E-state index is 5.53. The first kappa shape index (κ1) is 11.4. The third kappa shape index (κ3) is 2.95. The molecule has 1 fully saturated rings. The molecule has 1 saturated heterocycles. The number of thioether (sulfide) groups is 1. The maximum atomic E-state index is 5.53. The van der Waals surface area contributed by atoms with E-state index in [1.165, 1.54) is 0 Å². The van der Waals surface area contributed by atoms with Crippen LogP contribution in [-0.4, -0.2) is 22.9 Å². The van der Waals surface area contributed by atoms with Crippen molar-refractivity contribution in [1.82, 2.24) is 4.98 Å². The Labute approximate surface area is 103 Å². The predicted molar refractivity (Wildman–Crippen MR) is 67.1 cm³/mol. The molecule has 2 atom stereocenters. The fourth-order valence-corrected chi connectivity index (χ4v) is 3.44. The molecule has 2 nitrogen and oxygen atoms in total. The molecule has 0 amide bonds. The molecule has 0 spiro atoms. The van der Waals surface area contributed by atoms with E-state index in [1.807, 2.05) is 30.1 Å². The molecule has 82 valence electrons. The lowest BCUT2D eigenvalue weighted by Crippen LogP contribution is -2.13. The summed E-state index contributed by atoms with van der Waals surface area (Å²) in [7, 11) is 0. The summed E-state index contributed by atoms with van der Waals surface area (Å²) in [6, 6.07) is 3.98. The summed E-state index contributed by atoms with van der Waals surface area (Å²) in [5, 5.41) is 0.624. The van der Waals surface area contributed by atoms with Crippen LogP contribution in [0.3, 0.4) is 0 Å². The average molecular weight is 288 g/mol. The quantitative estimate of drug-likeness (QED) is 0.852. The second kappa shape index (κ2) is 5.32. The van der Waals surface area contributed by atoms with Gasteiger partial charge in [-0.3, -0.25) is 4.98 Å². The Morgan fingerprint density at radius 1 is 1.67 bits per heavy atom. The van der Waals surface area contributed by atoms with Crippen molar-refractivity contribution in [2.45, 2.75) is 30.5 Å². The normalized spacial score (nSPS) is 25.7. The minimum absolute atomic E-state index is 0.387. The third-order valence-electron chi connectivity index (χ3n) is 2.58. The lowest BCUT2D eigenvalue weighted by atomic mass is 10.3. The summed E-state index contributed by atoms with van der Waals surface area (Å²) in [5.74, 6) is 0.958. The van der Waals surface area contributed by atoms with Crippen molar-refractivity contribution >= 4 is 27.7 Å². The Bertz CT molecular complexity index is 334. The fraction of sp³-hybridized carbons (Fsp3) is 0.545. The van der Waals surface area contributed by atoms with Gasteiger partial charge in [-0.2, -0.15) is 0 Å². The minimum Gasteiger partial charge on any atom is -0.377 e. The second-order valence-corrected chi connectivity index (χ2v) is 5.73. The highest BCUT2D eigenvalue weighted by molar-refractivity contribution is 9.10. The number of halogens is 1. The Balaban J connectivity index is 1.90. The van der Waals surface area contributed by atoms with Crippen LogP contribution in [0.25, 0.3) is 0 Å². The molecule has 2 unspecified atom stereocenters. The van der Waals surface area contributed by atoms with Crippen molar-refractivity contribution in [1.29, 1.82) is 0 Å². The van der Waals surface area contributed by atoms with Crippen LogP contribution in [0.5, 0.6) is 0 Å². The molecule has 2 heterocycles. The van der Waals surface area contributed by atoms with Crippen molar-refractivity contribution in [3.8, 4) is 0 Å². The molecule has 2 rings (SSSR count). The van der Waals surface area contributed by atoms with Gasteiger partial charge in [-0.1, -0.05) is 0 Å². The molecule has 0 saturated carbocycles. The van der Waals surface area contributed by atoms with E-state index >= 15 is 0 Å². The standard InChI is InChI=1S/C11H14BrNOS/c1-8-11(4-6-14-8)15-7-10-9(12)3-2-5-13-10/h2-3,5,8,11H,4,6-7H2,1H3. The highest BCUT2D eigenvalue weighted by Gasteiger charge is 2.24. The van der Waals surface area contributed by atoms with E-state index in [0.717, 1.165) is 28.9 Å². The smallest absolute Gasteiger partial charge is 0.0666 e. The number of rotatable bonds is 3. The van der Waals surface area contributed by atoms with Gasteiger partial charge in [0.2, 0.25) is 0 Å². The summed E-state index contributed by atoms with van der Waals surface area (Å²) in [5.41, 5.74) is 1.13. The fourth-order valence-electron chi connectivity index (χ4n) is 1.64. The summed E-state index contributed by atoms with van der Waals surface area (Å²) < 4.78 is 6.63. The molecule has 0 N–H and O–H groups in total. The molecule has 1 aromatic rings. The monoisotopic (exact) mass is 287 g/mol. The summed E-state index contributed by atoms with van der Waals surface area (Å²) >= 11 is 5.46. The molecule has 1 aromatic heterocycles. The van der Waals surface area contributed by atoms with Gasteiger partial charge in [0.15, 0.2) is 0 Å². The molecule has 1 aliphatic rings. The highest BCUT2D eigenvalue weighted by Crippen LogP contribution is 2.30. The van der Waals surface area contributed by atoms with Crippen molar-refractivity contribution in [3.63, 3.8) is 0 Å². The van der Waals surface area contributed by atoms with Crippen molar-refractivity contribution in [2.24, 2.45) is 0 Å².